The average molecular weight is 266 g/mol. The first-order valence-electron chi connectivity index (χ1n) is 6.19. The van der Waals surface area contributed by atoms with Crippen LogP contribution in [0, 0.1) is 0 Å². The maximum absolute atomic E-state index is 12.2. The second-order valence-corrected chi connectivity index (χ2v) is 4.45. The fraction of sp³-hybridized carbons (Fsp3) is 0.0588. The second kappa shape index (κ2) is 5.97. The third-order valence-electron chi connectivity index (χ3n) is 2.93. The minimum Gasteiger partial charge on any atom is -0.478 e. The van der Waals surface area contributed by atoms with Crippen LogP contribution in [0.3, 0.4) is 0 Å². The molecular weight excluding hydrogens is 252 g/mol. The summed E-state index contributed by atoms with van der Waals surface area (Å²) in [5, 5.41) is 8.81. The average Bonchev–Trinajstić information content (AvgIpc) is 2.48. The second-order valence-electron chi connectivity index (χ2n) is 4.45. The molecule has 1 N–H and O–H groups in total. The SMILES string of the molecule is CC(=Cc1ccc(C(=O)c2ccccc2)cc1)C(=O)O. The first kappa shape index (κ1) is 13.7. The van der Waals surface area contributed by atoms with Crippen molar-refractivity contribution in [2.45, 2.75) is 6.92 Å². The highest BCUT2D eigenvalue weighted by molar-refractivity contribution is 6.09. The summed E-state index contributed by atoms with van der Waals surface area (Å²) < 4.78 is 0. The van der Waals surface area contributed by atoms with Gasteiger partial charge in [0.2, 0.25) is 0 Å². The number of aliphatic carboxylic acids is 1. The third-order valence-corrected chi connectivity index (χ3v) is 2.93. The van der Waals surface area contributed by atoms with Gasteiger partial charge in [-0.1, -0.05) is 54.6 Å². The predicted molar refractivity (Wildman–Crippen MR) is 77.6 cm³/mol. The van der Waals surface area contributed by atoms with Crippen LogP contribution in [0.15, 0.2) is 60.2 Å². The number of hydrogen-bond acceptors (Lipinski definition) is 2. The van der Waals surface area contributed by atoms with Crippen molar-refractivity contribution in [3.05, 3.63) is 76.9 Å². The lowest BCUT2D eigenvalue weighted by Crippen LogP contribution is -2.00. The van der Waals surface area contributed by atoms with Crippen molar-refractivity contribution < 1.29 is 14.7 Å². The Hall–Kier alpha value is -2.68. The van der Waals surface area contributed by atoms with Gasteiger partial charge >= 0.3 is 5.97 Å². The molecule has 0 bridgehead atoms. The summed E-state index contributed by atoms with van der Waals surface area (Å²) >= 11 is 0. The molecule has 2 aromatic rings. The molecule has 3 heteroatoms. The zero-order valence-electron chi connectivity index (χ0n) is 11.0. The molecule has 0 aliphatic carbocycles. The Morgan fingerprint density at radius 1 is 0.900 bits per heavy atom. The van der Waals surface area contributed by atoms with E-state index in [4.69, 9.17) is 5.11 Å². The van der Waals surface area contributed by atoms with Crippen LogP contribution in [-0.4, -0.2) is 16.9 Å². The normalized spacial score (nSPS) is 11.2. The molecule has 0 unspecified atom stereocenters. The molecule has 0 saturated heterocycles. The largest absolute Gasteiger partial charge is 0.478 e. The molecule has 3 nitrogen and oxygen atoms in total. The molecule has 2 rings (SSSR count). The van der Waals surface area contributed by atoms with Crippen molar-refractivity contribution in [1.29, 1.82) is 0 Å². The van der Waals surface area contributed by atoms with Gasteiger partial charge in [-0.2, -0.15) is 0 Å². The Morgan fingerprint density at radius 3 is 2.00 bits per heavy atom. The van der Waals surface area contributed by atoms with Crippen molar-refractivity contribution in [1.82, 2.24) is 0 Å². The van der Waals surface area contributed by atoms with Gasteiger partial charge < -0.3 is 5.11 Å². The fourth-order valence-corrected chi connectivity index (χ4v) is 1.80. The number of ketones is 1. The third kappa shape index (κ3) is 3.20. The molecule has 0 radical (unpaired) electrons. The van der Waals surface area contributed by atoms with E-state index in [-0.39, 0.29) is 11.4 Å². The van der Waals surface area contributed by atoms with Crippen LogP contribution in [0.5, 0.6) is 0 Å². The van der Waals surface area contributed by atoms with Crippen LogP contribution in [0.1, 0.15) is 28.4 Å². The van der Waals surface area contributed by atoms with Crippen LogP contribution in [-0.2, 0) is 4.79 Å². The number of carbonyl (C=O) groups is 2. The van der Waals surface area contributed by atoms with E-state index in [0.717, 1.165) is 5.56 Å². The van der Waals surface area contributed by atoms with Gasteiger partial charge in [-0.3, -0.25) is 4.79 Å². The molecule has 20 heavy (non-hydrogen) atoms. The van der Waals surface area contributed by atoms with E-state index in [9.17, 15) is 9.59 Å². The number of rotatable bonds is 4. The Kier molecular flexibility index (Phi) is 4.11. The van der Waals surface area contributed by atoms with Gasteiger partial charge in [-0.05, 0) is 18.6 Å². The smallest absolute Gasteiger partial charge is 0.331 e. The molecule has 0 saturated carbocycles. The Balaban J connectivity index is 2.23. The Labute approximate surface area is 117 Å². The van der Waals surface area contributed by atoms with Crippen molar-refractivity contribution in [2.75, 3.05) is 0 Å². The highest BCUT2D eigenvalue weighted by Crippen LogP contribution is 2.13. The lowest BCUT2D eigenvalue weighted by atomic mass is 10.0. The fourth-order valence-electron chi connectivity index (χ4n) is 1.80. The summed E-state index contributed by atoms with van der Waals surface area (Å²) in [4.78, 5) is 22.9. The van der Waals surface area contributed by atoms with Gasteiger partial charge in [-0.15, -0.1) is 0 Å². The van der Waals surface area contributed by atoms with E-state index in [1.165, 1.54) is 6.92 Å². The maximum atomic E-state index is 12.2. The zero-order valence-corrected chi connectivity index (χ0v) is 11.0. The Bertz CT molecular complexity index is 652. The summed E-state index contributed by atoms with van der Waals surface area (Å²) in [5.41, 5.74) is 2.24. The van der Waals surface area contributed by atoms with E-state index >= 15 is 0 Å². The van der Waals surface area contributed by atoms with E-state index in [1.54, 1.807) is 42.5 Å². The first-order chi connectivity index (χ1) is 9.58. The molecule has 0 atom stereocenters. The summed E-state index contributed by atoms with van der Waals surface area (Å²) in [6.45, 7) is 1.53. The molecule has 0 fully saturated rings. The number of hydrogen-bond donors (Lipinski definition) is 1. The van der Waals surface area contributed by atoms with Crippen molar-refractivity contribution >= 4 is 17.8 Å². The van der Waals surface area contributed by atoms with Gasteiger partial charge in [0.1, 0.15) is 0 Å². The number of carboxylic acids is 1. The van der Waals surface area contributed by atoms with Crippen LogP contribution in [0.25, 0.3) is 6.08 Å². The molecule has 0 aliphatic heterocycles. The predicted octanol–water partition coefficient (Wildman–Crippen LogP) is 3.41. The van der Waals surface area contributed by atoms with Gasteiger partial charge in [-0.25, -0.2) is 4.79 Å². The van der Waals surface area contributed by atoms with Gasteiger partial charge in [0.25, 0.3) is 0 Å². The molecule has 2 aromatic carbocycles. The molecule has 0 amide bonds. The molecule has 0 aliphatic rings. The standard InChI is InChI=1S/C17H14O3/c1-12(17(19)20)11-13-7-9-15(10-8-13)16(18)14-5-3-2-4-6-14/h2-11H,1H3,(H,19,20). The summed E-state index contributed by atoms with van der Waals surface area (Å²) in [6, 6.07) is 15.9. The Morgan fingerprint density at radius 2 is 1.45 bits per heavy atom. The van der Waals surface area contributed by atoms with Gasteiger partial charge in [0.15, 0.2) is 5.78 Å². The molecular formula is C17H14O3. The van der Waals surface area contributed by atoms with E-state index in [0.29, 0.717) is 11.1 Å². The van der Waals surface area contributed by atoms with E-state index in [1.807, 2.05) is 18.2 Å². The molecule has 0 aromatic heterocycles. The summed E-state index contributed by atoms with van der Waals surface area (Å²) in [5.74, 6) is -0.995. The zero-order chi connectivity index (χ0) is 14.5. The van der Waals surface area contributed by atoms with Crippen LogP contribution < -0.4 is 0 Å². The molecule has 0 heterocycles. The monoisotopic (exact) mass is 266 g/mol. The van der Waals surface area contributed by atoms with E-state index in [2.05, 4.69) is 0 Å². The minimum absolute atomic E-state index is 0.0453. The summed E-state index contributed by atoms with van der Waals surface area (Å²) in [6.07, 6.45) is 1.57. The minimum atomic E-state index is -0.950. The first-order valence-corrected chi connectivity index (χ1v) is 6.19. The highest BCUT2D eigenvalue weighted by Gasteiger charge is 2.08. The van der Waals surface area contributed by atoms with Gasteiger partial charge in [0, 0.05) is 16.7 Å². The topological polar surface area (TPSA) is 54.4 Å². The molecule has 100 valence electrons. The van der Waals surface area contributed by atoms with E-state index < -0.39 is 5.97 Å². The van der Waals surface area contributed by atoms with Crippen molar-refractivity contribution in [3.8, 4) is 0 Å². The summed E-state index contributed by atoms with van der Waals surface area (Å²) in [7, 11) is 0. The molecule has 0 spiro atoms. The van der Waals surface area contributed by atoms with Crippen LogP contribution in [0.2, 0.25) is 0 Å². The van der Waals surface area contributed by atoms with Crippen molar-refractivity contribution in [2.24, 2.45) is 0 Å². The van der Waals surface area contributed by atoms with Gasteiger partial charge in [0.05, 0.1) is 0 Å². The number of carboxylic acid groups (broad SMARTS) is 1. The number of benzene rings is 2. The van der Waals surface area contributed by atoms with Crippen molar-refractivity contribution in [3.63, 3.8) is 0 Å². The van der Waals surface area contributed by atoms with Crippen LogP contribution >= 0.6 is 0 Å². The lowest BCUT2D eigenvalue weighted by Gasteiger charge is -2.02. The van der Waals surface area contributed by atoms with Crippen LogP contribution in [0.4, 0.5) is 0 Å². The highest BCUT2D eigenvalue weighted by atomic mass is 16.4. The lowest BCUT2D eigenvalue weighted by molar-refractivity contribution is -0.132. The number of carbonyl (C=O) groups excluding carboxylic acids is 1. The quantitative estimate of drug-likeness (QED) is 0.681. The maximum Gasteiger partial charge on any atom is 0.331 e.